The largest absolute Gasteiger partial charge is 0.471 e. The Morgan fingerprint density at radius 2 is 2.00 bits per heavy atom. The van der Waals surface area contributed by atoms with Crippen LogP contribution in [0.15, 0.2) is 0 Å². The van der Waals surface area contributed by atoms with Gasteiger partial charge in [0.1, 0.15) is 0 Å². The molecule has 0 aromatic heterocycles. The lowest BCUT2D eigenvalue weighted by Gasteiger charge is -2.42. The van der Waals surface area contributed by atoms with Crippen molar-refractivity contribution in [1.29, 1.82) is 0 Å². The lowest BCUT2D eigenvalue weighted by Crippen LogP contribution is -2.58. The van der Waals surface area contributed by atoms with Crippen molar-refractivity contribution in [2.45, 2.75) is 25.6 Å². The molecule has 0 aromatic carbocycles. The Kier molecular flexibility index (Phi) is 2.76. The molecule has 1 rings (SSSR count). The molecule has 6 heteroatoms. The lowest BCUT2D eigenvalue weighted by molar-refractivity contribution is -0.197. The van der Waals surface area contributed by atoms with Crippen LogP contribution >= 0.6 is 0 Å². The number of amides is 1. The summed E-state index contributed by atoms with van der Waals surface area (Å²) in [4.78, 5) is 11.8. The summed E-state index contributed by atoms with van der Waals surface area (Å²) in [6.45, 7) is 3.39. The summed E-state index contributed by atoms with van der Waals surface area (Å²) < 4.78 is 41.5. The first-order chi connectivity index (χ1) is 6.25. The van der Waals surface area contributed by atoms with E-state index in [0.717, 1.165) is 4.90 Å². The highest BCUT2D eigenvalue weighted by molar-refractivity contribution is 5.82. The van der Waals surface area contributed by atoms with E-state index < -0.39 is 17.6 Å². The second kappa shape index (κ2) is 3.42. The summed E-state index contributed by atoms with van der Waals surface area (Å²) in [5.74, 6) is -1.79. The van der Waals surface area contributed by atoms with Gasteiger partial charge in [0.05, 0.1) is 18.8 Å². The average Bonchev–Trinajstić information content (AvgIpc) is 2.00. The van der Waals surface area contributed by atoms with Gasteiger partial charge < -0.3 is 9.64 Å². The van der Waals surface area contributed by atoms with Gasteiger partial charge >= 0.3 is 12.1 Å². The van der Waals surface area contributed by atoms with E-state index in [-0.39, 0.29) is 19.8 Å². The van der Waals surface area contributed by atoms with Crippen LogP contribution in [0.3, 0.4) is 0 Å². The fourth-order valence-electron chi connectivity index (χ4n) is 1.39. The van der Waals surface area contributed by atoms with E-state index in [0.29, 0.717) is 0 Å². The van der Waals surface area contributed by atoms with Crippen molar-refractivity contribution >= 4 is 5.91 Å². The summed E-state index contributed by atoms with van der Waals surface area (Å²) in [6.07, 6.45) is -4.80. The molecular weight excluding hydrogens is 199 g/mol. The third-order valence-corrected chi connectivity index (χ3v) is 2.13. The fraction of sp³-hybridized carbons (Fsp3) is 0.875. The van der Waals surface area contributed by atoms with Crippen LogP contribution in [-0.4, -0.2) is 42.3 Å². The minimum absolute atomic E-state index is 0.00859. The Balaban J connectivity index is 2.80. The zero-order chi connectivity index (χ0) is 11.0. The van der Waals surface area contributed by atoms with Gasteiger partial charge in [0.25, 0.3) is 0 Å². The van der Waals surface area contributed by atoms with Gasteiger partial charge in [-0.2, -0.15) is 13.2 Å². The van der Waals surface area contributed by atoms with Gasteiger partial charge in [0.2, 0.25) is 0 Å². The summed E-state index contributed by atoms with van der Waals surface area (Å²) >= 11 is 0. The Bertz CT molecular complexity index is 237. The van der Waals surface area contributed by atoms with Crippen molar-refractivity contribution in [3.05, 3.63) is 0 Å². The Hall–Kier alpha value is -0.780. The van der Waals surface area contributed by atoms with E-state index in [1.54, 1.807) is 13.8 Å². The number of carbonyl (C=O) groups is 1. The highest BCUT2D eigenvalue weighted by Gasteiger charge is 2.47. The first-order valence-electron chi connectivity index (χ1n) is 4.22. The number of nitrogens with zero attached hydrogens (tertiary/aromatic N) is 1. The van der Waals surface area contributed by atoms with Crippen LogP contribution in [0, 0.1) is 0 Å². The normalized spacial score (nSPS) is 22.2. The molecule has 1 amide bonds. The smallest absolute Gasteiger partial charge is 0.377 e. The third-order valence-electron chi connectivity index (χ3n) is 2.13. The molecule has 0 saturated carbocycles. The quantitative estimate of drug-likeness (QED) is 0.602. The van der Waals surface area contributed by atoms with Gasteiger partial charge in [-0.05, 0) is 13.8 Å². The molecule has 14 heavy (non-hydrogen) atoms. The zero-order valence-electron chi connectivity index (χ0n) is 8.02. The number of rotatable bonds is 0. The molecule has 0 spiro atoms. The molecule has 1 aliphatic rings. The van der Waals surface area contributed by atoms with Crippen molar-refractivity contribution in [3.63, 3.8) is 0 Å². The summed E-state index contributed by atoms with van der Waals surface area (Å²) in [7, 11) is 0. The molecule has 82 valence electrons. The van der Waals surface area contributed by atoms with Crippen molar-refractivity contribution < 1.29 is 22.7 Å². The van der Waals surface area contributed by atoms with Gasteiger partial charge in [0.15, 0.2) is 0 Å². The monoisotopic (exact) mass is 211 g/mol. The van der Waals surface area contributed by atoms with E-state index in [4.69, 9.17) is 4.74 Å². The maximum Gasteiger partial charge on any atom is 0.471 e. The second-order valence-corrected chi connectivity index (χ2v) is 3.82. The Morgan fingerprint density at radius 3 is 2.43 bits per heavy atom. The molecule has 1 aliphatic heterocycles. The fourth-order valence-corrected chi connectivity index (χ4v) is 1.39. The van der Waals surface area contributed by atoms with Crippen molar-refractivity contribution in [1.82, 2.24) is 4.90 Å². The van der Waals surface area contributed by atoms with Crippen molar-refractivity contribution in [3.8, 4) is 0 Å². The summed E-state index contributed by atoms with van der Waals surface area (Å²) in [6, 6.07) is 0. The number of morpholine rings is 1. The van der Waals surface area contributed by atoms with Gasteiger partial charge in [-0.15, -0.1) is 0 Å². The first-order valence-corrected chi connectivity index (χ1v) is 4.22. The molecule has 1 heterocycles. The van der Waals surface area contributed by atoms with Gasteiger partial charge in [-0.25, -0.2) is 0 Å². The highest BCUT2D eigenvalue weighted by atomic mass is 19.4. The SMILES string of the molecule is CC1(C)COCCN1C(=O)C(F)(F)F. The number of halogens is 3. The van der Waals surface area contributed by atoms with Crippen LogP contribution in [0.5, 0.6) is 0 Å². The molecule has 0 unspecified atom stereocenters. The van der Waals surface area contributed by atoms with Gasteiger partial charge in [0, 0.05) is 6.54 Å². The molecule has 0 atom stereocenters. The Morgan fingerprint density at radius 1 is 1.43 bits per heavy atom. The van der Waals surface area contributed by atoms with Gasteiger partial charge in [-0.3, -0.25) is 4.79 Å². The van der Waals surface area contributed by atoms with Crippen LogP contribution in [0.1, 0.15) is 13.8 Å². The molecule has 0 radical (unpaired) electrons. The Labute approximate surface area is 79.8 Å². The molecule has 1 fully saturated rings. The molecular formula is C8H12F3NO2. The van der Waals surface area contributed by atoms with Crippen LogP contribution in [0.25, 0.3) is 0 Å². The summed E-state index contributed by atoms with van der Waals surface area (Å²) in [5.41, 5.74) is -0.884. The molecule has 0 aromatic rings. The zero-order valence-corrected chi connectivity index (χ0v) is 8.02. The molecule has 0 bridgehead atoms. The number of alkyl halides is 3. The van der Waals surface area contributed by atoms with E-state index in [2.05, 4.69) is 0 Å². The van der Waals surface area contributed by atoms with E-state index in [1.807, 2.05) is 0 Å². The predicted octanol–water partition coefficient (Wildman–Crippen LogP) is 1.19. The van der Waals surface area contributed by atoms with Crippen LogP contribution in [-0.2, 0) is 9.53 Å². The predicted molar refractivity (Wildman–Crippen MR) is 42.7 cm³/mol. The standard InChI is InChI=1S/C8H12F3NO2/c1-7(2)5-14-4-3-12(7)6(13)8(9,10)11/h3-5H2,1-2H3. The summed E-state index contributed by atoms with van der Waals surface area (Å²) in [5, 5.41) is 0. The van der Waals surface area contributed by atoms with Crippen LogP contribution in [0.4, 0.5) is 13.2 Å². The number of hydrogen-bond donors (Lipinski definition) is 0. The lowest BCUT2D eigenvalue weighted by atomic mass is 10.0. The maximum absolute atomic E-state index is 12.1. The van der Waals surface area contributed by atoms with E-state index in [9.17, 15) is 18.0 Å². The number of carbonyl (C=O) groups excluding carboxylic acids is 1. The molecule has 0 aliphatic carbocycles. The third kappa shape index (κ3) is 2.17. The number of hydrogen-bond acceptors (Lipinski definition) is 2. The molecule has 0 N–H and O–H groups in total. The minimum atomic E-state index is -4.80. The van der Waals surface area contributed by atoms with E-state index >= 15 is 0 Å². The molecule has 1 saturated heterocycles. The minimum Gasteiger partial charge on any atom is -0.377 e. The van der Waals surface area contributed by atoms with Crippen molar-refractivity contribution in [2.75, 3.05) is 19.8 Å². The molecule has 3 nitrogen and oxygen atoms in total. The van der Waals surface area contributed by atoms with Crippen LogP contribution < -0.4 is 0 Å². The van der Waals surface area contributed by atoms with E-state index in [1.165, 1.54) is 0 Å². The average molecular weight is 211 g/mol. The number of ether oxygens (including phenoxy) is 1. The van der Waals surface area contributed by atoms with Gasteiger partial charge in [-0.1, -0.05) is 0 Å². The van der Waals surface area contributed by atoms with Crippen molar-refractivity contribution in [2.24, 2.45) is 0 Å². The maximum atomic E-state index is 12.1. The second-order valence-electron chi connectivity index (χ2n) is 3.82. The topological polar surface area (TPSA) is 29.5 Å². The first kappa shape index (κ1) is 11.3. The van der Waals surface area contributed by atoms with Crippen LogP contribution in [0.2, 0.25) is 0 Å². The highest BCUT2D eigenvalue weighted by Crippen LogP contribution is 2.26.